The number of halogens is 1. The van der Waals surface area contributed by atoms with Gasteiger partial charge in [0.1, 0.15) is 0 Å². The molecule has 19 heavy (non-hydrogen) atoms. The normalized spacial score (nSPS) is 10.4. The minimum atomic E-state index is -0.340. The van der Waals surface area contributed by atoms with Crippen LogP contribution in [-0.4, -0.2) is 17.6 Å². The number of aromatic amines is 1. The number of hydrogen-bond acceptors (Lipinski definition) is 4. The fourth-order valence-corrected chi connectivity index (χ4v) is 2.64. The molecule has 0 fully saturated rings. The molecule has 4 nitrogen and oxygen atoms in total. The molecule has 0 unspecified atom stereocenters. The summed E-state index contributed by atoms with van der Waals surface area (Å²) >= 11 is 6.85. The molecule has 2 aromatic rings. The van der Waals surface area contributed by atoms with Gasteiger partial charge in [-0.3, -0.25) is 9.59 Å². The molecular formula is C13H12ClNO3S. The minimum absolute atomic E-state index is 0.0925. The highest BCUT2D eigenvalue weighted by atomic mass is 35.5. The van der Waals surface area contributed by atoms with Crippen LogP contribution >= 0.6 is 22.9 Å². The first-order valence-electron chi connectivity index (χ1n) is 5.73. The molecule has 0 amide bonds. The lowest BCUT2D eigenvalue weighted by Gasteiger charge is -2.03. The number of aromatic nitrogens is 1. The average Bonchev–Trinajstić information content (AvgIpc) is 2.71. The summed E-state index contributed by atoms with van der Waals surface area (Å²) in [5, 5.41) is 0.619. The third kappa shape index (κ3) is 3.45. The first-order valence-corrected chi connectivity index (χ1v) is 6.93. The van der Waals surface area contributed by atoms with Gasteiger partial charge in [0.25, 0.3) is 0 Å². The Bertz CT molecular complexity index is 630. The molecule has 0 bridgehead atoms. The van der Waals surface area contributed by atoms with Crippen molar-refractivity contribution in [1.29, 1.82) is 0 Å². The molecule has 0 aliphatic heterocycles. The Kier molecular flexibility index (Phi) is 4.39. The van der Waals surface area contributed by atoms with Crippen LogP contribution in [0.3, 0.4) is 0 Å². The number of benzene rings is 1. The van der Waals surface area contributed by atoms with E-state index in [1.165, 1.54) is 0 Å². The predicted octanol–water partition coefficient (Wildman–Crippen LogP) is 2.86. The Morgan fingerprint density at radius 3 is 2.68 bits per heavy atom. The van der Waals surface area contributed by atoms with Crippen LogP contribution in [0.4, 0.5) is 0 Å². The van der Waals surface area contributed by atoms with E-state index >= 15 is 0 Å². The Morgan fingerprint density at radius 1 is 1.37 bits per heavy atom. The van der Waals surface area contributed by atoms with Gasteiger partial charge in [-0.2, -0.15) is 0 Å². The topological polar surface area (TPSA) is 59.2 Å². The second-order valence-corrected chi connectivity index (χ2v) is 5.31. The number of carbonyl (C=O) groups is 1. The third-order valence-corrected chi connectivity index (χ3v) is 3.60. The first-order chi connectivity index (χ1) is 9.10. The van der Waals surface area contributed by atoms with Gasteiger partial charge in [0, 0.05) is 9.90 Å². The quantitative estimate of drug-likeness (QED) is 0.883. The number of ether oxygens (including phenoxy) is 1. The summed E-state index contributed by atoms with van der Waals surface area (Å²) in [7, 11) is 0. The average molecular weight is 298 g/mol. The van der Waals surface area contributed by atoms with Crippen molar-refractivity contribution in [2.24, 2.45) is 0 Å². The molecule has 0 saturated carbocycles. The van der Waals surface area contributed by atoms with Crippen molar-refractivity contribution in [1.82, 2.24) is 4.98 Å². The van der Waals surface area contributed by atoms with Gasteiger partial charge in [-0.1, -0.05) is 35.1 Å². The van der Waals surface area contributed by atoms with Gasteiger partial charge in [-0.25, -0.2) is 0 Å². The number of carbonyl (C=O) groups excluding carboxylic acids is 1. The van der Waals surface area contributed by atoms with Crippen LogP contribution in [-0.2, 0) is 16.0 Å². The van der Waals surface area contributed by atoms with Crippen molar-refractivity contribution in [2.75, 3.05) is 6.61 Å². The number of nitrogens with one attached hydrogen (secondary N) is 1. The third-order valence-electron chi connectivity index (χ3n) is 2.46. The van der Waals surface area contributed by atoms with Crippen LogP contribution in [0.5, 0.6) is 0 Å². The van der Waals surface area contributed by atoms with Crippen molar-refractivity contribution in [2.45, 2.75) is 13.3 Å². The van der Waals surface area contributed by atoms with Gasteiger partial charge >= 0.3 is 10.8 Å². The molecule has 2 rings (SSSR count). The van der Waals surface area contributed by atoms with Gasteiger partial charge in [-0.05, 0) is 24.6 Å². The standard InChI is InChI=1S/C13H12ClNO3S/c1-2-18-11(16)7-10-12(15-13(17)19-10)8-3-5-9(14)6-4-8/h3-6H,2,7H2,1H3,(H,15,17). The van der Waals surface area contributed by atoms with Crippen molar-refractivity contribution in [3.8, 4) is 11.3 Å². The fourth-order valence-electron chi connectivity index (χ4n) is 1.68. The first kappa shape index (κ1) is 13.8. The van der Waals surface area contributed by atoms with Crippen LogP contribution < -0.4 is 4.87 Å². The van der Waals surface area contributed by atoms with Crippen molar-refractivity contribution in [3.63, 3.8) is 0 Å². The summed E-state index contributed by atoms with van der Waals surface area (Å²) < 4.78 is 4.90. The highest BCUT2D eigenvalue weighted by Crippen LogP contribution is 2.25. The Labute approximate surface area is 119 Å². The molecule has 1 N–H and O–H groups in total. The number of thiazole rings is 1. The van der Waals surface area contributed by atoms with Gasteiger partial charge in [0.2, 0.25) is 0 Å². The van der Waals surface area contributed by atoms with E-state index in [9.17, 15) is 9.59 Å². The monoisotopic (exact) mass is 297 g/mol. The highest BCUT2D eigenvalue weighted by molar-refractivity contribution is 7.09. The molecule has 0 radical (unpaired) electrons. The lowest BCUT2D eigenvalue weighted by Crippen LogP contribution is -2.07. The van der Waals surface area contributed by atoms with E-state index in [1.807, 2.05) is 0 Å². The second kappa shape index (κ2) is 6.04. The van der Waals surface area contributed by atoms with Crippen LogP contribution in [0.2, 0.25) is 5.02 Å². The molecule has 0 spiro atoms. The summed E-state index contributed by atoms with van der Waals surface area (Å²) in [5.41, 5.74) is 1.47. The zero-order valence-electron chi connectivity index (χ0n) is 10.2. The van der Waals surface area contributed by atoms with E-state index in [4.69, 9.17) is 16.3 Å². The van der Waals surface area contributed by atoms with Crippen LogP contribution in [0.1, 0.15) is 11.8 Å². The Morgan fingerprint density at radius 2 is 2.05 bits per heavy atom. The molecule has 100 valence electrons. The van der Waals surface area contributed by atoms with Gasteiger partial charge < -0.3 is 9.72 Å². The smallest absolute Gasteiger partial charge is 0.311 e. The summed E-state index contributed by atoms with van der Waals surface area (Å²) in [6, 6.07) is 7.08. The molecule has 1 heterocycles. The van der Waals surface area contributed by atoms with Crippen molar-refractivity contribution < 1.29 is 9.53 Å². The molecule has 6 heteroatoms. The van der Waals surface area contributed by atoms with E-state index in [0.717, 1.165) is 16.9 Å². The molecule has 1 aromatic heterocycles. The molecule has 0 aliphatic rings. The second-order valence-electron chi connectivity index (χ2n) is 3.80. The Balaban J connectivity index is 2.33. The fraction of sp³-hybridized carbons (Fsp3) is 0.231. The number of esters is 1. The molecule has 0 aliphatic carbocycles. The summed E-state index contributed by atoms with van der Waals surface area (Å²) in [6.45, 7) is 2.08. The van der Waals surface area contributed by atoms with E-state index in [-0.39, 0.29) is 17.3 Å². The minimum Gasteiger partial charge on any atom is -0.466 e. The van der Waals surface area contributed by atoms with E-state index in [0.29, 0.717) is 22.2 Å². The number of H-pyrrole nitrogens is 1. The Hall–Kier alpha value is -1.59. The molecule has 0 atom stereocenters. The zero-order chi connectivity index (χ0) is 13.8. The SMILES string of the molecule is CCOC(=O)Cc1sc(=O)[nH]c1-c1ccc(Cl)cc1. The summed E-state index contributed by atoms with van der Waals surface area (Å²) in [4.78, 5) is 26.2. The predicted molar refractivity (Wildman–Crippen MR) is 75.7 cm³/mol. The summed E-state index contributed by atoms with van der Waals surface area (Å²) in [6.07, 6.45) is 0.0925. The number of rotatable bonds is 4. The van der Waals surface area contributed by atoms with Gasteiger partial charge in [-0.15, -0.1) is 0 Å². The van der Waals surface area contributed by atoms with E-state index in [1.54, 1.807) is 31.2 Å². The van der Waals surface area contributed by atoms with E-state index < -0.39 is 0 Å². The highest BCUT2D eigenvalue weighted by Gasteiger charge is 2.14. The van der Waals surface area contributed by atoms with E-state index in [2.05, 4.69) is 4.98 Å². The lowest BCUT2D eigenvalue weighted by atomic mass is 10.1. The molecule has 1 aromatic carbocycles. The maximum atomic E-state index is 11.5. The molecule has 0 saturated heterocycles. The van der Waals surface area contributed by atoms with Crippen LogP contribution in [0.15, 0.2) is 29.1 Å². The van der Waals surface area contributed by atoms with Crippen LogP contribution in [0, 0.1) is 0 Å². The van der Waals surface area contributed by atoms with Gasteiger partial charge in [0.05, 0.1) is 18.7 Å². The van der Waals surface area contributed by atoms with Gasteiger partial charge in [0.15, 0.2) is 0 Å². The summed E-state index contributed by atoms with van der Waals surface area (Å²) in [5.74, 6) is -0.340. The lowest BCUT2D eigenvalue weighted by molar-refractivity contribution is -0.142. The zero-order valence-corrected chi connectivity index (χ0v) is 11.8. The van der Waals surface area contributed by atoms with Crippen molar-refractivity contribution in [3.05, 3.63) is 43.8 Å². The maximum Gasteiger partial charge on any atom is 0.311 e. The largest absolute Gasteiger partial charge is 0.466 e. The molecular weight excluding hydrogens is 286 g/mol. The number of hydrogen-bond donors (Lipinski definition) is 1. The van der Waals surface area contributed by atoms with Crippen molar-refractivity contribution >= 4 is 28.9 Å². The maximum absolute atomic E-state index is 11.5. The van der Waals surface area contributed by atoms with Crippen LogP contribution in [0.25, 0.3) is 11.3 Å².